The van der Waals surface area contributed by atoms with Crippen molar-refractivity contribution >= 4 is 53.2 Å². The predicted molar refractivity (Wildman–Crippen MR) is 187 cm³/mol. The molecule has 0 unspecified atom stereocenters. The van der Waals surface area contributed by atoms with Crippen LogP contribution in [0.4, 0.5) is 0 Å². The van der Waals surface area contributed by atoms with Crippen molar-refractivity contribution in [2.75, 3.05) is 0 Å². The minimum atomic E-state index is 0.638. The Hall–Kier alpha value is -5.78. The highest BCUT2D eigenvalue weighted by Crippen LogP contribution is 2.43. The smallest absolute Gasteiger partial charge is 0.164 e. The van der Waals surface area contributed by atoms with Gasteiger partial charge in [-0.3, -0.25) is 0 Å². The fraction of sp³-hybridized carbons (Fsp3) is 0. The summed E-state index contributed by atoms with van der Waals surface area (Å²) in [4.78, 5) is 20.0. The van der Waals surface area contributed by atoms with Crippen molar-refractivity contribution in [1.82, 2.24) is 19.9 Å². The number of hydrogen-bond donors (Lipinski definition) is 0. The molecule has 0 saturated carbocycles. The third-order valence-corrected chi connectivity index (χ3v) is 9.47. The largest absolute Gasteiger partial charge is 0.246 e. The normalized spacial score (nSPS) is 11.6. The van der Waals surface area contributed by atoms with Gasteiger partial charge in [0.1, 0.15) is 0 Å². The number of hydrogen-bond acceptors (Lipinski definition) is 5. The van der Waals surface area contributed by atoms with Crippen molar-refractivity contribution in [2.24, 2.45) is 0 Å². The molecule has 6 aromatic carbocycles. The summed E-state index contributed by atoms with van der Waals surface area (Å²) in [5.41, 5.74) is 5.89. The monoisotopic (exact) mass is 592 g/mol. The van der Waals surface area contributed by atoms with Gasteiger partial charge in [-0.15, -0.1) is 11.3 Å². The van der Waals surface area contributed by atoms with Gasteiger partial charge in [0, 0.05) is 43.1 Å². The van der Waals surface area contributed by atoms with Crippen molar-refractivity contribution in [3.8, 4) is 45.4 Å². The lowest BCUT2D eigenvalue weighted by atomic mass is 10.00. The summed E-state index contributed by atoms with van der Waals surface area (Å²) < 4.78 is 2.46. The molecule has 4 nitrogen and oxygen atoms in total. The van der Waals surface area contributed by atoms with Crippen LogP contribution in [0, 0.1) is 0 Å². The Kier molecular flexibility index (Phi) is 5.96. The number of rotatable bonds is 4. The van der Waals surface area contributed by atoms with Crippen LogP contribution < -0.4 is 0 Å². The standard InChI is InChI=1S/C40H24N4S/c1-3-11-26(12-4-1)38-42-39(27-13-5-2-6-14-27)44-40(43-38)28-21-19-25(20-22-28)36-37-35(31-17-9-10-18-34(31)45-37)32-23-29-15-7-8-16-30(29)24-33(32)41-36/h1-24H. The first-order chi connectivity index (χ1) is 22.3. The van der Waals surface area contributed by atoms with Crippen LogP contribution in [0.1, 0.15) is 0 Å². The van der Waals surface area contributed by atoms with Crippen molar-refractivity contribution in [1.29, 1.82) is 0 Å². The molecule has 0 saturated heterocycles. The molecule has 0 aliphatic rings. The maximum atomic E-state index is 5.30. The minimum absolute atomic E-state index is 0.638. The number of fused-ring (bicyclic) bond motifs is 6. The maximum Gasteiger partial charge on any atom is 0.164 e. The zero-order valence-corrected chi connectivity index (χ0v) is 24.9. The lowest BCUT2D eigenvalue weighted by Gasteiger charge is -2.10. The van der Waals surface area contributed by atoms with Gasteiger partial charge in [-0.05, 0) is 29.0 Å². The predicted octanol–water partition coefficient (Wildman–Crippen LogP) is 10.6. The molecule has 0 radical (unpaired) electrons. The molecule has 5 heteroatoms. The fourth-order valence-electron chi connectivity index (χ4n) is 6.08. The minimum Gasteiger partial charge on any atom is -0.246 e. The van der Waals surface area contributed by atoms with Gasteiger partial charge in [0.15, 0.2) is 17.5 Å². The topological polar surface area (TPSA) is 51.6 Å². The average molecular weight is 593 g/mol. The number of thiophene rings is 1. The van der Waals surface area contributed by atoms with E-state index < -0.39 is 0 Å². The lowest BCUT2D eigenvalue weighted by molar-refractivity contribution is 1.07. The van der Waals surface area contributed by atoms with Crippen LogP contribution in [0.2, 0.25) is 0 Å². The third-order valence-electron chi connectivity index (χ3n) is 8.29. The molecule has 0 amide bonds. The first-order valence-electron chi connectivity index (χ1n) is 14.9. The summed E-state index contributed by atoms with van der Waals surface area (Å²) in [6.45, 7) is 0. The Morgan fingerprint density at radius 1 is 0.400 bits per heavy atom. The summed E-state index contributed by atoms with van der Waals surface area (Å²) in [6, 6.07) is 50.3. The quantitative estimate of drug-likeness (QED) is 0.191. The second-order valence-electron chi connectivity index (χ2n) is 11.1. The van der Waals surface area contributed by atoms with E-state index in [9.17, 15) is 0 Å². The Labute approximate surface area is 263 Å². The summed E-state index contributed by atoms with van der Waals surface area (Å²) in [7, 11) is 0. The van der Waals surface area contributed by atoms with Crippen LogP contribution in [-0.4, -0.2) is 19.9 Å². The van der Waals surface area contributed by atoms with Crippen LogP contribution in [0.25, 0.3) is 87.3 Å². The Balaban J connectivity index is 1.22. The first kappa shape index (κ1) is 25.7. The molecular formula is C40H24N4S. The second kappa shape index (κ2) is 10.4. The molecular weight excluding hydrogens is 569 g/mol. The highest BCUT2D eigenvalue weighted by Gasteiger charge is 2.18. The SMILES string of the molecule is c1ccc(-c2nc(-c3ccccc3)nc(-c3ccc(-c4nc5cc6ccccc6cc5c5c4sc4ccccc45)cc3)n2)cc1. The van der Waals surface area contributed by atoms with Gasteiger partial charge in [0.2, 0.25) is 0 Å². The van der Waals surface area contributed by atoms with Crippen LogP contribution >= 0.6 is 11.3 Å². The van der Waals surface area contributed by atoms with Gasteiger partial charge >= 0.3 is 0 Å². The maximum absolute atomic E-state index is 5.30. The average Bonchev–Trinajstić information content (AvgIpc) is 3.51. The summed E-state index contributed by atoms with van der Waals surface area (Å²) in [5.74, 6) is 1.94. The van der Waals surface area contributed by atoms with Crippen molar-refractivity contribution in [2.45, 2.75) is 0 Å². The molecule has 3 heterocycles. The molecule has 0 aliphatic heterocycles. The molecule has 0 spiro atoms. The van der Waals surface area contributed by atoms with E-state index >= 15 is 0 Å². The van der Waals surface area contributed by atoms with E-state index in [1.165, 1.54) is 36.3 Å². The Bertz CT molecular complexity index is 2460. The summed E-state index contributed by atoms with van der Waals surface area (Å²) in [5, 5.41) is 6.14. The molecule has 45 heavy (non-hydrogen) atoms. The molecule has 3 aromatic heterocycles. The molecule has 0 atom stereocenters. The van der Waals surface area contributed by atoms with Gasteiger partial charge in [-0.2, -0.15) is 0 Å². The first-order valence-corrected chi connectivity index (χ1v) is 15.7. The number of pyridine rings is 1. The van der Waals surface area contributed by atoms with Gasteiger partial charge in [-0.25, -0.2) is 19.9 Å². The number of nitrogens with zero attached hydrogens (tertiary/aromatic N) is 4. The van der Waals surface area contributed by atoms with Gasteiger partial charge in [-0.1, -0.05) is 127 Å². The molecule has 0 bridgehead atoms. The molecule has 210 valence electrons. The van der Waals surface area contributed by atoms with Crippen molar-refractivity contribution in [3.63, 3.8) is 0 Å². The summed E-state index contributed by atoms with van der Waals surface area (Å²) >= 11 is 1.81. The highest BCUT2D eigenvalue weighted by molar-refractivity contribution is 7.26. The summed E-state index contributed by atoms with van der Waals surface area (Å²) in [6.07, 6.45) is 0. The zero-order valence-electron chi connectivity index (χ0n) is 24.1. The van der Waals surface area contributed by atoms with Crippen molar-refractivity contribution < 1.29 is 0 Å². The number of aromatic nitrogens is 4. The van der Waals surface area contributed by atoms with E-state index in [1.54, 1.807) is 0 Å². The molecule has 9 rings (SSSR count). The Morgan fingerprint density at radius 3 is 1.56 bits per heavy atom. The van der Waals surface area contributed by atoms with Crippen LogP contribution in [0.3, 0.4) is 0 Å². The van der Waals surface area contributed by atoms with E-state index in [-0.39, 0.29) is 0 Å². The van der Waals surface area contributed by atoms with Crippen LogP contribution in [0.5, 0.6) is 0 Å². The molecule has 0 N–H and O–H groups in total. The van der Waals surface area contributed by atoms with E-state index in [2.05, 4.69) is 84.9 Å². The van der Waals surface area contributed by atoms with Gasteiger partial charge < -0.3 is 0 Å². The number of benzene rings is 6. The lowest BCUT2D eigenvalue weighted by Crippen LogP contribution is -2.00. The van der Waals surface area contributed by atoms with Gasteiger partial charge in [0.05, 0.1) is 15.9 Å². The van der Waals surface area contributed by atoms with E-state index in [4.69, 9.17) is 19.9 Å². The fourth-order valence-corrected chi connectivity index (χ4v) is 7.31. The highest BCUT2D eigenvalue weighted by atomic mass is 32.1. The second-order valence-corrected chi connectivity index (χ2v) is 12.1. The van der Waals surface area contributed by atoms with E-state index in [0.717, 1.165) is 33.5 Å². The zero-order chi connectivity index (χ0) is 29.7. The molecule has 9 aromatic rings. The van der Waals surface area contributed by atoms with Crippen LogP contribution in [0.15, 0.2) is 146 Å². The van der Waals surface area contributed by atoms with Gasteiger partial charge in [0.25, 0.3) is 0 Å². The van der Waals surface area contributed by atoms with E-state index in [0.29, 0.717) is 17.5 Å². The molecule has 0 fully saturated rings. The molecule has 0 aliphatic carbocycles. The van der Waals surface area contributed by atoms with Crippen LogP contribution in [-0.2, 0) is 0 Å². The third kappa shape index (κ3) is 4.44. The van der Waals surface area contributed by atoms with Crippen molar-refractivity contribution in [3.05, 3.63) is 146 Å². The van der Waals surface area contributed by atoms with E-state index in [1.807, 2.05) is 72.0 Å². The Morgan fingerprint density at radius 2 is 0.911 bits per heavy atom.